The van der Waals surface area contributed by atoms with Gasteiger partial charge in [-0.2, -0.15) is 0 Å². The van der Waals surface area contributed by atoms with Crippen LogP contribution in [-0.4, -0.2) is 23.2 Å². The summed E-state index contributed by atoms with van der Waals surface area (Å²) in [5.41, 5.74) is 0.204. The standard InChI is InChI=1S/C7H6BrNO3/c8-3-2-12-5-1-4(7(10)11)9-6(3)5/h1-2,5-6,9H,(H,10,11). The van der Waals surface area contributed by atoms with Crippen molar-refractivity contribution < 1.29 is 14.6 Å². The number of rotatable bonds is 1. The molecule has 5 heteroatoms. The highest BCUT2D eigenvalue weighted by atomic mass is 79.9. The van der Waals surface area contributed by atoms with Crippen molar-refractivity contribution in [2.45, 2.75) is 12.1 Å². The van der Waals surface area contributed by atoms with Gasteiger partial charge in [-0.1, -0.05) is 0 Å². The van der Waals surface area contributed by atoms with Gasteiger partial charge >= 0.3 is 5.97 Å². The van der Waals surface area contributed by atoms with Crippen molar-refractivity contribution >= 4 is 21.9 Å². The Labute approximate surface area is 77.0 Å². The molecule has 2 N–H and O–H groups in total. The number of fused-ring (bicyclic) bond motifs is 1. The summed E-state index contributed by atoms with van der Waals surface area (Å²) in [4.78, 5) is 10.5. The van der Waals surface area contributed by atoms with Crippen molar-refractivity contribution in [1.29, 1.82) is 0 Å². The highest BCUT2D eigenvalue weighted by Crippen LogP contribution is 2.29. The summed E-state index contributed by atoms with van der Waals surface area (Å²) in [6.45, 7) is 0. The number of halogens is 1. The Bertz CT molecular complexity index is 297. The van der Waals surface area contributed by atoms with E-state index in [9.17, 15) is 4.79 Å². The highest BCUT2D eigenvalue weighted by molar-refractivity contribution is 9.11. The molecule has 0 aliphatic carbocycles. The van der Waals surface area contributed by atoms with Crippen LogP contribution in [0.1, 0.15) is 0 Å². The Morgan fingerprint density at radius 2 is 2.50 bits per heavy atom. The summed E-state index contributed by atoms with van der Waals surface area (Å²) in [5, 5.41) is 11.5. The molecule has 0 radical (unpaired) electrons. The van der Waals surface area contributed by atoms with Crippen LogP contribution in [0.25, 0.3) is 0 Å². The fourth-order valence-electron chi connectivity index (χ4n) is 1.25. The molecular weight excluding hydrogens is 226 g/mol. The van der Waals surface area contributed by atoms with Gasteiger partial charge in [0.05, 0.1) is 10.7 Å². The Morgan fingerprint density at radius 1 is 1.75 bits per heavy atom. The number of ether oxygens (including phenoxy) is 1. The minimum atomic E-state index is -0.951. The lowest BCUT2D eigenvalue weighted by Crippen LogP contribution is -2.30. The van der Waals surface area contributed by atoms with Crippen molar-refractivity contribution in [3.05, 3.63) is 22.5 Å². The first-order valence-corrected chi connectivity index (χ1v) is 4.20. The van der Waals surface area contributed by atoms with E-state index in [2.05, 4.69) is 21.2 Å². The number of carboxylic acid groups (broad SMARTS) is 1. The van der Waals surface area contributed by atoms with Crippen molar-refractivity contribution in [3.63, 3.8) is 0 Å². The van der Waals surface area contributed by atoms with Gasteiger partial charge in [0.1, 0.15) is 17.8 Å². The molecule has 0 aromatic rings. The second-order valence-electron chi connectivity index (χ2n) is 2.61. The van der Waals surface area contributed by atoms with Crippen LogP contribution in [0.2, 0.25) is 0 Å². The smallest absolute Gasteiger partial charge is 0.351 e. The molecule has 64 valence electrons. The van der Waals surface area contributed by atoms with Crippen LogP contribution in [-0.2, 0) is 9.53 Å². The van der Waals surface area contributed by atoms with Gasteiger partial charge in [-0.05, 0) is 22.0 Å². The molecule has 0 amide bonds. The summed E-state index contributed by atoms with van der Waals surface area (Å²) in [5.74, 6) is -0.951. The van der Waals surface area contributed by atoms with E-state index in [0.29, 0.717) is 0 Å². The molecule has 2 heterocycles. The minimum Gasteiger partial charge on any atom is -0.490 e. The summed E-state index contributed by atoms with van der Waals surface area (Å²) in [6.07, 6.45) is 2.97. The van der Waals surface area contributed by atoms with Gasteiger partial charge in [0, 0.05) is 0 Å². The number of aliphatic carboxylic acids is 1. The van der Waals surface area contributed by atoms with E-state index < -0.39 is 5.97 Å². The molecule has 0 saturated heterocycles. The zero-order valence-corrected chi connectivity index (χ0v) is 7.54. The van der Waals surface area contributed by atoms with E-state index >= 15 is 0 Å². The Morgan fingerprint density at radius 3 is 3.08 bits per heavy atom. The van der Waals surface area contributed by atoms with Crippen molar-refractivity contribution in [1.82, 2.24) is 5.32 Å². The van der Waals surface area contributed by atoms with Crippen LogP contribution in [0.3, 0.4) is 0 Å². The molecule has 0 saturated carbocycles. The average molecular weight is 232 g/mol. The van der Waals surface area contributed by atoms with E-state index in [0.717, 1.165) is 4.48 Å². The molecular formula is C7H6BrNO3. The third-order valence-electron chi connectivity index (χ3n) is 1.84. The van der Waals surface area contributed by atoms with Gasteiger partial charge < -0.3 is 15.2 Å². The maximum Gasteiger partial charge on any atom is 0.351 e. The Kier molecular flexibility index (Phi) is 1.61. The van der Waals surface area contributed by atoms with E-state index in [4.69, 9.17) is 9.84 Å². The lowest BCUT2D eigenvalue weighted by Gasteiger charge is -2.09. The average Bonchev–Trinajstić information content (AvgIpc) is 2.53. The zero-order valence-electron chi connectivity index (χ0n) is 5.95. The molecule has 0 aromatic heterocycles. The largest absolute Gasteiger partial charge is 0.490 e. The maximum atomic E-state index is 10.5. The van der Waals surface area contributed by atoms with Crippen LogP contribution < -0.4 is 5.32 Å². The molecule has 0 fully saturated rings. The van der Waals surface area contributed by atoms with Crippen molar-refractivity contribution in [2.24, 2.45) is 0 Å². The van der Waals surface area contributed by atoms with Crippen LogP contribution >= 0.6 is 15.9 Å². The minimum absolute atomic E-state index is 0.0592. The third kappa shape index (κ3) is 1.01. The van der Waals surface area contributed by atoms with Gasteiger partial charge in [0.15, 0.2) is 0 Å². The number of carbonyl (C=O) groups is 1. The highest BCUT2D eigenvalue weighted by Gasteiger charge is 2.36. The third-order valence-corrected chi connectivity index (χ3v) is 2.52. The van der Waals surface area contributed by atoms with Crippen LogP contribution in [0.4, 0.5) is 0 Å². The molecule has 4 nitrogen and oxygen atoms in total. The SMILES string of the molecule is O=C(O)C1=CC2OC=C(Br)C2N1. The molecule has 2 aliphatic heterocycles. The predicted molar refractivity (Wildman–Crippen MR) is 44.5 cm³/mol. The molecule has 0 spiro atoms. The molecule has 2 unspecified atom stereocenters. The molecule has 2 atom stereocenters. The second-order valence-corrected chi connectivity index (χ2v) is 3.53. The number of nitrogens with one attached hydrogen (secondary N) is 1. The first kappa shape index (κ1) is 7.67. The molecule has 0 bridgehead atoms. The van der Waals surface area contributed by atoms with Gasteiger partial charge in [-0.3, -0.25) is 0 Å². The number of carboxylic acids is 1. The normalized spacial score (nSPS) is 31.4. The summed E-state index contributed by atoms with van der Waals surface area (Å²) in [6, 6.07) is -0.0592. The molecule has 12 heavy (non-hydrogen) atoms. The number of hydrogen-bond acceptors (Lipinski definition) is 3. The topological polar surface area (TPSA) is 58.6 Å². The first-order chi connectivity index (χ1) is 5.68. The quantitative estimate of drug-likeness (QED) is 0.693. The van der Waals surface area contributed by atoms with Gasteiger partial charge in [-0.25, -0.2) is 4.79 Å². The summed E-state index contributed by atoms with van der Waals surface area (Å²) >= 11 is 3.27. The van der Waals surface area contributed by atoms with Gasteiger partial charge in [-0.15, -0.1) is 0 Å². The lowest BCUT2D eigenvalue weighted by molar-refractivity contribution is -0.133. The Hall–Kier alpha value is -0.970. The molecule has 0 aromatic carbocycles. The fraction of sp³-hybridized carbons (Fsp3) is 0.286. The van der Waals surface area contributed by atoms with Crippen molar-refractivity contribution in [3.8, 4) is 0 Å². The lowest BCUT2D eigenvalue weighted by atomic mass is 10.2. The molecule has 2 rings (SSSR count). The van der Waals surface area contributed by atoms with E-state index in [1.54, 1.807) is 12.3 Å². The number of hydrogen-bond donors (Lipinski definition) is 2. The second kappa shape index (κ2) is 2.52. The van der Waals surface area contributed by atoms with Crippen LogP contribution in [0.5, 0.6) is 0 Å². The summed E-state index contributed by atoms with van der Waals surface area (Å²) in [7, 11) is 0. The molecule has 2 aliphatic rings. The fourth-order valence-corrected chi connectivity index (χ4v) is 1.73. The van der Waals surface area contributed by atoms with Gasteiger partial charge in [0.25, 0.3) is 0 Å². The Balaban J connectivity index is 2.17. The van der Waals surface area contributed by atoms with Crippen LogP contribution in [0, 0.1) is 0 Å². The summed E-state index contributed by atoms with van der Waals surface area (Å²) < 4.78 is 6.01. The predicted octanol–water partition coefficient (Wildman–Crippen LogP) is 0.562. The van der Waals surface area contributed by atoms with E-state index in [1.807, 2.05) is 0 Å². The van der Waals surface area contributed by atoms with Gasteiger partial charge in [0.2, 0.25) is 0 Å². The van der Waals surface area contributed by atoms with E-state index in [-0.39, 0.29) is 17.8 Å². The zero-order chi connectivity index (χ0) is 8.72. The van der Waals surface area contributed by atoms with Crippen molar-refractivity contribution in [2.75, 3.05) is 0 Å². The first-order valence-electron chi connectivity index (χ1n) is 3.41. The van der Waals surface area contributed by atoms with Crippen LogP contribution in [0.15, 0.2) is 22.5 Å². The maximum absolute atomic E-state index is 10.5. The monoisotopic (exact) mass is 231 g/mol. The van der Waals surface area contributed by atoms with E-state index in [1.165, 1.54) is 0 Å².